The van der Waals surface area contributed by atoms with Crippen LogP contribution in [0, 0.1) is 0 Å². The summed E-state index contributed by atoms with van der Waals surface area (Å²) in [6.45, 7) is 8.78. The number of halogens is 1. The van der Waals surface area contributed by atoms with E-state index in [-0.39, 0.29) is 18.0 Å². The summed E-state index contributed by atoms with van der Waals surface area (Å²) < 4.78 is 5.86. The van der Waals surface area contributed by atoms with Gasteiger partial charge < -0.3 is 19.9 Å². The Morgan fingerprint density at radius 2 is 1.86 bits per heavy atom. The lowest BCUT2D eigenvalue weighted by Gasteiger charge is -2.44. The molecule has 2 aromatic carbocycles. The molecule has 1 N–H and O–H groups in total. The number of fused-ring (bicyclic) bond motifs is 1. The minimum Gasteiger partial charge on any atom is -0.493 e. The van der Waals surface area contributed by atoms with Crippen LogP contribution >= 0.6 is 11.6 Å². The summed E-state index contributed by atoms with van der Waals surface area (Å²) in [5, 5.41) is 3.92. The fourth-order valence-electron chi connectivity index (χ4n) is 5.13. The summed E-state index contributed by atoms with van der Waals surface area (Å²) in [5.74, 6) is -1.34. The normalized spacial score (nSPS) is 21.2. The molecule has 2 aliphatic rings. The van der Waals surface area contributed by atoms with E-state index in [0.29, 0.717) is 48.1 Å². The quantitative estimate of drug-likeness (QED) is 0.555. The maximum Gasteiger partial charge on any atom is 0.290 e. The highest BCUT2D eigenvalue weighted by Crippen LogP contribution is 2.38. The van der Waals surface area contributed by atoms with Gasteiger partial charge in [-0.15, -0.1) is 0 Å². The zero-order valence-electron chi connectivity index (χ0n) is 22.1. The van der Waals surface area contributed by atoms with Crippen LogP contribution in [-0.4, -0.2) is 84.7 Å². The summed E-state index contributed by atoms with van der Waals surface area (Å²) in [7, 11) is 3.12. The first-order chi connectivity index (χ1) is 17.6. The minimum absolute atomic E-state index is 0.0310. The topological polar surface area (TPSA) is 82.2 Å². The van der Waals surface area contributed by atoms with Crippen LogP contribution in [0.15, 0.2) is 36.4 Å². The van der Waals surface area contributed by atoms with Crippen LogP contribution in [0.3, 0.4) is 0 Å². The zero-order valence-corrected chi connectivity index (χ0v) is 22.8. The van der Waals surface area contributed by atoms with Gasteiger partial charge in [-0.05, 0) is 50.1 Å². The van der Waals surface area contributed by atoms with Crippen molar-refractivity contribution in [2.24, 2.45) is 0 Å². The number of carbonyl (C=O) groups excluding carboxylic acids is 3. The number of Topliss-reactive ketones (excluding diaryl/α,β-unsaturated/α-hetero) is 1. The first kappa shape index (κ1) is 26.9. The number of rotatable bonds is 7. The van der Waals surface area contributed by atoms with Crippen molar-refractivity contribution in [1.82, 2.24) is 14.7 Å². The standard InChI is InChI=1S/C28H35ClN4O4/c1-6-37-25-12-24-21(23(13-30-24)26(34)28(36)31(4)5)11-22(25)27(35)33-15-17(2)32(14-18(33)3)16-19-8-7-9-20(29)10-19/h7-12,17-18,23,30H,6,13-16H2,1-5H3/t17-,18+,23?/m0/s1. The third-order valence-electron chi connectivity index (χ3n) is 7.14. The summed E-state index contributed by atoms with van der Waals surface area (Å²) >= 11 is 6.17. The molecule has 4 rings (SSSR count). The first-order valence-electron chi connectivity index (χ1n) is 12.7. The highest BCUT2D eigenvalue weighted by molar-refractivity contribution is 6.38. The van der Waals surface area contributed by atoms with Gasteiger partial charge in [-0.25, -0.2) is 0 Å². The van der Waals surface area contributed by atoms with Crippen LogP contribution in [0.25, 0.3) is 0 Å². The van der Waals surface area contributed by atoms with Crippen LogP contribution in [0.5, 0.6) is 5.75 Å². The van der Waals surface area contributed by atoms with E-state index in [4.69, 9.17) is 16.3 Å². The molecule has 8 nitrogen and oxygen atoms in total. The van der Waals surface area contributed by atoms with E-state index in [1.165, 1.54) is 4.90 Å². The average Bonchev–Trinajstić information content (AvgIpc) is 3.27. The Hall–Kier alpha value is -3.10. The number of hydrogen-bond acceptors (Lipinski definition) is 6. The highest BCUT2D eigenvalue weighted by atomic mass is 35.5. The molecular weight excluding hydrogens is 492 g/mol. The summed E-state index contributed by atoms with van der Waals surface area (Å²) in [6.07, 6.45) is 0. The van der Waals surface area contributed by atoms with Gasteiger partial charge in [0.2, 0.25) is 5.78 Å². The van der Waals surface area contributed by atoms with Gasteiger partial charge in [0, 0.05) is 69.1 Å². The number of ether oxygens (including phenoxy) is 1. The lowest BCUT2D eigenvalue weighted by atomic mass is 9.93. The van der Waals surface area contributed by atoms with Gasteiger partial charge >= 0.3 is 0 Å². The second kappa shape index (κ2) is 11.1. The molecule has 198 valence electrons. The van der Waals surface area contributed by atoms with Crippen molar-refractivity contribution in [1.29, 1.82) is 0 Å². The Morgan fingerprint density at radius 1 is 1.11 bits per heavy atom. The molecule has 1 fully saturated rings. The number of ketones is 1. The van der Waals surface area contributed by atoms with E-state index < -0.39 is 17.6 Å². The number of piperazine rings is 1. The molecule has 1 saturated heterocycles. The number of carbonyl (C=O) groups is 3. The molecule has 0 spiro atoms. The molecule has 9 heteroatoms. The van der Waals surface area contributed by atoms with Crippen molar-refractivity contribution < 1.29 is 19.1 Å². The first-order valence-corrected chi connectivity index (χ1v) is 13.1. The van der Waals surface area contributed by atoms with E-state index >= 15 is 0 Å². The lowest BCUT2D eigenvalue weighted by molar-refractivity contribution is -0.143. The molecule has 0 saturated carbocycles. The van der Waals surface area contributed by atoms with Crippen molar-refractivity contribution in [3.05, 3.63) is 58.1 Å². The number of anilines is 1. The van der Waals surface area contributed by atoms with E-state index in [1.807, 2.05) is 36.9 Å². The number of hydrogen-bond donors (Lipinski definition) is 1. The van der Waals surface area contributed by atoms with Crippen LogP contribution in [0.1, 0.15) is 48.2 Å². The summed E-state index contributed by atoms with van der Waals surface area (Å²) in [5.41, 5.74) is 2.94. The Kier molecular flexibility index (Phi) is 8.09. The molecular formula is C28H35ClN4O4. The third-order valence-corrected chi connectivity index (χ3v) is 7.37. The van der Waals surface area contributed by atoms with Crippen molar-refractivity contribution in [2.75, 3.05) is 45.7 Å². The number of likely N-dealkylation sites (N-methyl/N-ethyl adjacent to an activating group) is 1. The van der Waals surface area contributed by atoms with Crippen molar-refractivity contribution in [3.63, 3.8) is 0 Å². The highest BCUT2D eigenvalue weighted by Gasteiger charge is 2.37. The Bertz CT molecular complexity index is 1200. The molecule has 0 aromatic heterocycles. The van der Waals surface area contributed by atoms with Crippen LogP contribution in [0.4, 0.5) is 5.69 Å². The van der Waals surface area contributed by atoms with Gasteiger partial charge in [-0.3, -0.25) is 19.3 Å². The molecule has 0 radical (unpaired) electrons. The third kappa shape index (κ3) is 5.60. The summed E-state index contributed by atoms with van der Waals surface area (Å²) in [6, 6.07) is 11.5. The fraction of sp³-hybridized carbons (Fsp3) is 0.464. The largest absolute Gasteiger partial charge is 0.493 e. The van der Waals surface area contributed by atoms with Crippen LogP contribution < -0.4 is 10.1 Å². The molecule has 0 aliphatic carbocycles. The maximum atomic E-state index is 13.9. The van der Waals surface area contributed by atoms with E-state index in [0.717, 1.165) is 17.8 Å². The molecule has 0 bridgehead atoms. The van der Waals surface area contributed by atoms with E-state index in [2.05, 4.69) is 23.2 Å². The fourth-order valence-corrected chi connectivity index (χ4v) is 5.34. The second-order valence-electron chi connectivity index (χ2n) is 10.1. The maximum absolute atomic E-state index is 13.9. The predicted octanol–water partition coefficient (Wildman–Crippen LogP) is 3.64. The van der Waals surface area contributed by atoms with Crippen molar-refractivity contribution in [2.45, 2.75) is 45.3 Å². The van der Waals surface area contributed by atoms with Gasteiger partial charge in [-0.2, -0.15) is 0 Å². The second-order valence-corrected chi connectivity index (χ2v) is 10.5. The molecule has 37 heavy (non-hydrogen) atoms. The monoisotopic (exact) mass is 526 g/mol. The van der Waals surface area contributed by atoms with Crippen LogP contribution in [-0.2, 0) is 16.1 Å². The number of nitrogens with one attached hydrogen (secondary N) is 1. The number of nitrogens with zero attached hydrogens (tertiary/aromatic N) is 3. The van der Waals surface area contributed by atoms with Gasteiger partial charge in [0.1, 0.15) is 5.75 Å². The smallest absolute Gasteiger partial charge is 0.290 e. The molecule has 2 aromatic rings. The SMILES string of the molecule is CCOc1cc2c(cc1C(=O)N1C[C@H](C)N(Cc3cccc(Cl)c3)C[C@H]1C)C(C(=O)C(=O)N(C)C)CN2. The van der Waals surface area contributed by atoms with Gasteiger partial charge in [-0.1, -0.05) is 23.7 Å². The average molecular weight is 527 g/mol. The molecule has 2 aliphatic heterocycles. The van der Waals surface area contributed by atoms with Gasteiger partial charge in [0.25, 0.3) is 11.8 Å². The summed E-state index contributed by atoms with van der Waals surface area (Å²) in [4.78, 5) is 44.7. The van der Waals surface area contributed by atoms with E-state index in [9.17, 15) is 14.4 Å². The van der Waals surface area contributed by atoms with Crippen molar-refractivity contribution in [3.8, 4) is 5.75 Å². The van der Waals surface area contributed by atoms with E-state index in [1.54, 1.807) is 26.2 Å². The molecule has 2 heterocycles. The minimum atomic E-state index is -0.641. The van der Waals surface area contributed by atoms with Crippen LogP contribution in [0.2, 0.25) is 5.02 Å². The molecule has 3 atom stereocenters. The van der Waals surface area contributed by atoms with Crippen molar-refractivity contribution >= 4 is 34.9 Å². The molecule has 2 amide bonds. The Labute approximate surface area is 223 Å². The molecule has 1 unspecified atom stereocenters. The number of benzene rings is 2. The Balaban J connectivity index is 1.58. The van der Waals surface area contributed by atoms with Gasteiger partial charge in [0.05, 0.1) is 18.1 Å². The lowest BCUT2D eigenvalue weighted by Crippen LogP contribution is -2.57. The number of amides is 2. The zero-order chi connectivity index (χ0) is 26.9. The van der Waals surface area contributed by atoms with Gasteiger partial charge in [0.15, 0.2) is 0 Å². The Morgan fingerprint density at radius 3 is 2.54 bits per heavy atom. The predicted molar refractivity (Wildman–Crippen MR) is 144 cm³/mol.